The minimum absolute atomic E-state index is 0.176. The zero-order valence-electron chi connectivity index (χ0n) is 10.5. The molecule has 0 radical (unpaired) electrons. The number of carbonyl (C=O) groups is 1. The van der Waals surface area contributed by atoms with Crippen LogP contribution in [0.5, 0.6) is 5.75 Å². The molecule has 0 fully saturated rings. The Hall–Kier alpha value is -1.65. The first-order valence-electron chi connectivity index (χ1n) is 5.39. The van der Waals surface area contributed by atoms with Gasteiger partial charge in [0.15, 0.2) is 5.13 Å². The summed E-state index contributed by atoms with van der Waals surface area (Å²) in [5, 5.41) is 9.74. The molecule has 0 saturated carbocycles. The lowest BCUT2D eigenvalue weighted by atomic mass is 10.2. The van der Waals surface area contributed by atoms with E-state index >= 15 is 0 Å². The van der Waals surface area contributed by atoms with Gasteiger partial charge < -0.3 is 9.84 Å². The third-order valence-corrected chi connectivity index (χ3v) is 5.24. The Kier molecular flexibility index (Phi) is 4.49. The van der Waals surface area contributed by atoms with Gasteiger partial charge in [-0.3, -0.25) is 4.72 Å². The highest BCUT2D eigenvalue weighted by molar-refractivity contribution is 9.11. The Morgan fingerprint density at radius 1 is 1.48 bits per heavy atom. The molecule has 0 aliphatic heterocycles. The molecule has 2 rings (SSSR count). The number of ether oxygens (including phenoxy) is 1. The molecule has 1 heterocycles. The summed E-state index contributed by atoms with van der Waals surface area (Å²) in [4.78, 5) is 15.1. The van der Waals surface area contributed by atoms with Crippen molar-refractivity contribution in [1.29, 1.82) is 0 Å². The smallest absolute Gasteiger partial charge is 0.341 e. The van der Waals surface area contributed by atoms with Crippen LogP contribution in [-0.2, 0) is 14.8 Å². The van der Waals surface area contributed by atoms with Crippen molar-refractivity contribution in [2.45, 2.75) is 4.90 Å². The maximum absolute atomic E-state index is 12.2. The van der Waals surface area contributed by atoms with E-state index in [0.29, 0.717) is 3.79 Å². The molecule has 0 aliphatic carbocycles. The normalized spacial score (nSPS) is 11.1. The molecule has 1 aromatic heterocycles. The Bertz CT molecular complexity index is 788. The van der Waals surface area contributed by atoms with Crippen LogP contribution in [-0.4, -0.2) is 31.6 Å². The van der Waals surface area contributed by atoms with Gasteiger partial charge in [-0.25, -0.2) is 18.2 Å². The quantitative estimate of drug-likeness (QED) is 0.772. The third-order valence-electron chi connectivity index (χ3n) is 2.38. The van der Waals surface area contributed by atoms with E-state index in [-0.39, 0.29) is 21.3 Å². The predicted octanol–water partition coefficient (Wildman–Crippen LogP) is 2.20. The van der Waals surface area contributed by atoms with Crippen LogP contribution < -0.4 is 4.72 Å². The predicted molar refractivity (Wildman–Crippen MR) is 80.1 cm³/mol. The van der Waals surface area contributed by atoms with Gasteiger partial charge in [-0.1, -0.05) is 11.3 Å². The fourth-order valence-electron chi connectivity index (χ4n) is 1.43. The third kappa shape index (κ3) is 3.52. The summed E-state index contributed by atoms with van der Waals surface area (Å²) in [7, 11) is -2.79. The van der Waals surface area contributed by atoms with Gasteiger partial charge in [0, 0.05) is 0 Å². The Balaban J connectivity index is 2.38. The number of nitrogens with one attached hydrogen (secondary N) is 1. The van der Waals surface area contributed by atoms with E-state index in [4.69, 9.17) is 0 Å². The lowest BCUT2D eigenvalue weighted by Crippen LogP contribution is -2.14. The van der Waals surface area contributed by atoms with Gasteiger partial charge in [0.1, 0.15) is 11.3 Å². The summed E-state index contributed by atoms with van der Waals surface area (Å²) in [6.07, 6.45) is 1.46. The van der Waals surface area contributed by atoms with Crippen molar-refractivity contribution in [3.05, 3.63) is 33.7 Å². The summed E-state index contributed by atoms with van der Waals surface area (Å²) in [6.45, 7) is 0. The number of hydrogen-bond donors (Lipinski definition) is 2. The Labute approximate surface area is 132 Å². The molecule has 10 heteroatoms. The van der Waals surface area contributed by atoms with Gasteiger partial charge in [-0.2, -0.15) is 0 Å². The number of aromatic hydroxyl groups is 1. The van der Waals surface area contributed by atoms with Crippen LogP contribution in [0.2, 0.25) is 0 Å². The Morgan fingerprint density at radius 3 is 2.76 bits per heavy atom. The number of aromatic nitrogens is 1. The van der Waals surface area contributed by atoms with Crippen LogP contribution in [0.15, 0.2) is 33.1 Å². The molecule has 2 N–H and O–H groups in total. The van der Waals surface area contributed by atoms with Crippen molar-refractivity contribution in [2.24, 2.45) is 0 Å². The van der Waals surface area contributed by atoms with Crippen molar-refractivity contribution in [3.8, 4) is 5.75 Å². The van der Waals surface area contributed by atoms with Crippen molar-refractivity contribution in [1.82, 2.24) is 4.98 Å². The molecule has 0 aliphatic rings. The zero-order valence-corrected chi connectivity index (χ0v) is 13.8. The van der Waals surface area contributed by atoms with Crippen LogP contribution in [0.25, 0.3) is 0 Å². The van der Waals surface area contributed by atoms with Crippen LogP contribution >= 0.6 is 27.3 Å². The van der Waals surface area contributed by atoms with Crippen LogP contribution in [0.4, 0.5) is 5.13 Å². The number of benzene rings is 1. The molecule has 1 aromatic carbocycles. The summed E-state index contributed by atoms with van der Waals surface area (Å²) >= 11 is 4.27. The largest absolute Gasteiger partial charge is 0.507 e. The zero-order chi connectivity index (χ0) is 15.6. The summed E-state index contributed by atoms with van der Waals surface area (Å²) < 4.78 is 31.8. The number of methoxy groups -OCH3 is 1. The van der Waals surface area contributed by atoms with Crippen molar-refractivity contribution >= 4 is 48.4 Å². The molecular weight excluding hydrogens is 384 g/mol. The lowest BCUT2D eigenvalue weighted by Gasteiger charge is -2.08. The number of nitrogens with zero attached hydrogens (tertiary/aromatic N) is 1. The molecule has 0 atom stereocenters. The monoisotopic (exact) mass is 392 g/mol. The first kappa shape index (κ1) is 15.7. The van der Waals surface area contributed by atoms with E-state index in [9.17, 15) is 18.3 Å². The first-order valence-corrected chi connectivity index (χ1v) is 8.48. The molecule has 0 saturated heterocycles. The summed E-state index contributed by atoms with van der Waals surface area (Å²) in [6, 6.07) is 3.32. The number of hydrogen-bond acceptors (Lipinski definition) is 7. The SMILES string of the molecule is COC(=O)c1cc(S(=O)(=O)Nc2ncc(Br)s2)ccc1O. The van der Waals surface area contributed by atoms with E-state index < -0.39 is 16.0 Å². The second-order valence-corrected chi connectivity index (χ2v) is 7.84. The van der Waals surface area contributed by atoms with Gasteiger partial charge in [0.25, 0.3) is 10.0 Å². The number of esters is 1. The van der Waals surface area contributed by atoms with Crippen LogP contribution in [0.1, 0.15) is 10.4 Å². The van der Waals surface area contributed by atoms with Gasteiger partial charge in [0.05, 0.1) is 22.0 Å². The molecule has 7 nitrogen and oxygen atoms in total. The van der Waals surface area contributed by atoms with E-state index in [1.807, 2.05) is 0 Å². The van der Waals surface area contributed by atoms with Gasteiger partial charge in [-0.05, 0) is 34.1 Å². The number of phenolic OH excluding ortho intramolecular Hbond substituents is 1. The first-order chi connectivity index (χ1) is 9.83. The van der Waals surface area contributed by atoms with Gasteiger partial charge >= 0.3 is 5.97 Å². The second-order valence-electron chi connectivity index (χ2n) is 3.75. The number of carbonyl (C=O) groups excluding carboxylic acids is 1. The molecule has 0 unspecified atom stereocenters. The summed E-state index contributed by atoms with van der Waals surface area (Å²) in [5.41, 5.74) is -0.235. The lowest BCUT2D eigenvalue weighted by molar-refractivity contribution is 0.0597. The van der Waals surface area contributed by atoms with Crippen molar-refractivity contribution < 1.29 is 23.1 Å². The van der Waals surface area contributed by atoms with Gasteiger partial charge in [0.2, 0.25) is 0 Å². The highest BCUT2D eigenvalue weighted by Crippen LogP contribution is 2.27. The number of halogens is 1. The number of rotatable bonds is 4. The van der Waals surface area contributed by atoms with E-state index in [1.54, 1.807) is 0 Å². The maximum atomic E-state index is 12.2. The number of thiazole rings is 1. The highest BCUT2D eigenvalue weighted by atomic mass is 79.9. The number of anilines is 1. The Morgan fingerprint density at radius 2 is 2.19 bits per heavy atom. The minimum Gasteiger partial charge on any atom is -0.507 e. The molecule has 0 amide bonds. The highest BCUT2D eigenvalue weighted by Gasteiger charge is 2.20. The van der Waals surface area contributed by atoms with Crippen molar-refractivity contribution in [3.63, 3.8) is 0 Å². The standard InChI is InChI=1S/C11H9BrN2O5S2/c1-19-10(16)7-4-6(2-3-8(7)15)21(17,18)14-11-13-5-9(12)20-11/h2-5,15H,1H3,(H,13,14). The molecular formula is C11H9BrN2O5S2. The average Bonchev–Trinajstić information content (AvgIpc) is 2.82. The number of sulfonamides is 1. The number of phenols is 1. The van der Waals surface area contributed by atoms with Gasteiger partial charge in [-0.15, -0.1) is 0 Å². The molecule has 112 valence electrons. The van der Waals surface area contributed by atoms with E-state index in [1.165, 1.54) is 12.3 Å². The minimum atomic E-state index is -3.92. The second kappa shape index (κ2) is 6.00. The molecule has 0 spiro atoms. The summed E-state index contributed by atoms with van der Waals surface area (Å²) in [5.74, 6) is -1.20. The molecule has 21 heavy (non-hydrogen) atoms. The van der Waals surface area contributed by atoms with E-state index in [2.05, 4.69) is 30.4 Å². The molecule has 2 aromatic rings. The average molecular weight is 393 g/mol. The maximum Gasteiger partial charge on any atom is 0.341 e. The fourth-order valence-corrected chi connectivity index (χ4v) is 3.81. The van der Waals surface area contributed by atoms with Crippen molar-refractivity contribution in [2.75, 3.05) is 11.8 Å². The van der Waals surface area contributed by atoms with E-state index in [0.717, 1.165) is 30.6 Å². The fraction of sp³-hybridized carbons (Fsp3) is 0.0909. The van der Waals surface area contributed by atoms with Crippen LogP contribution in [0, 0.1) is 0 Å². The van der Waals surface area contributed by atoms with Crippen LogP contribution in [0.3, 0.4) is 0 Å². The topological polar surface area (TPSA) is 106 Å². The molecule has 0 bridgehead atoms.